The molecule has 0 saturated heterocycles. The van der Waals surface area contributed by atoms with Gasteiger partial charge in [0.05, 0.1) is 7.11 Å². The fourth-order valence-electron chi connectivity index (χ4n) is 0.900. The molecule has 0 unspecified atom stereocenters. The van der Waals surface area contributed by atoms with E-state index < -0.39 is 0 Å². The van der Waals surface area contributed by atoms with Crippen molar-refractivity contribution in [3.8, 4) is 5.75 Å². The Labute approximate surface area is 65.5 Å². The summed E-state index contributed by atoms with van der Waals surface area (Å²) in [5, 5.41) is 3.59. The molecule has 0 fully saturated rings. The molecule has 3 heteroatoms. The van der Waals surface area contributed by atoms with Crippen molar-refractivity contribution in [2.45, 2.75) is 6.92 Å². The van der Waals surface area contributed by atoms with Gasteiger partial charge in [-0.2, -0.15) is 5.53 Å². The maximum absolute atomic E-state index is 5.13. The summed E-state index contributed by atoms with van der Waals surface area (Å²) >= 11 is 0. The van der Waals surface area contributed by atoms with E-state index >= 15 is 0 Å². The Kier molecular flexibility index (Phi) is 2.21. The van der Waals surface area contributed by atoms with E-state index in [2.05, 4.69) is 5.11 Å². The van der Waals surface area contributed by atoms with Gasteiger partial charge in [0, 0.05) is 0 Å². The SMILES string of the molecule is COc1ccc(N=[NH2+])c(C)c1. The van der Waals surface area contributed by atoms with E-state index in [1.165, 1.54) is 0 Å². The first kappa shape index (κ1) is 7.72. The van der Waals surface area contributed by atoms with E-state index in [1.54, 1.807) is 7.11 Å². The molecular formula is C8H11N2O+. The summed E-state index contributed by atoms with van der Waals surface area (Å²) in [7, 11) is 1.63. The average Bonchev–Trinajstić information content (AvgIpc) is 2.04. The highest BCUT2D eigenvalue weighted by Crippen LogP contribution is 2.21. The van der Waals surface area contributed by atoms with Gasteiger partial charge in [-0.15, -0.1) is 0 Å². The summed E-state index contributed by atoms with van der Waals surface area (Å²) in [6.45, 7) is 1.94. The third-order valence-corrected chi connectivity index (χ3v) is 1.54. The first-order valence-electron chi connectivity index (χ1n) is 3.33. The van der Waals surface area contributed by atoms with E-state index in [1.807, 2.05) is 25.1 Å². The number of methoxy groups -OCH3 is 1. The number of nitrogens with zero attached hydrogens (tertiary/aromatic N) is 1. The van der Waals surface area contributed by atoms with Crippen molar-refractivity contribution >= 4 is 5.69 Å². The van der Waals surface area contributed by atoms with Crippen LogP contribution in [0.1, 0.15) is 5.56 Å². The molecule has 0 saturated carbocycles. The second kappa shape index (κ2) is 3.14. The van der Waals surface area contributed by atoms with Crippen LogP contribution in [0.5, 0.6) is 5.75 Å². The summed E-state index contributed by atoms with van der Waals surface area (Å²) in [6.07, 6.45) is 0. The highest BCUT2D eigenvalue weighted by Gasteiger charge is 1.99. The lowest BCUT2D eigenvalue weighted by atomic mass is 10.2. The van der Waals surface area contributed by atoms with Crippen LogP contribution >= 0.6 is 0 Å². The summed E-state index contributed by atoms with van der Waals surface area (Å²) in [5.74, 6) is 0.829. The minimum atomic E-state index is 0.797. The zero-order valence-corrected chi connectivity index (χ0v) is 6.66. The maximum Gasteiger partial charge on any atom is 0.133 e. The van der Waals surface area contributed by atoms with Gasteiger partial charge in [0.25, 0.3) is 0 Å². The smallest absolute Gasteiger partial charge is 0.133 e. The molecule has 0 aliphatic rings. The van der Waals surface area contributed by atoms with Crippen molar-refractivity contribution < 1.29 is 10.3 Å². The number of benzene rings is 1. The summed E-state index contributed by atoms with van der Waals surface area (Å²) in [6, 6.07) is 5.55. The molecule has 0 aliphatic carbocycles. The lowest BCUT2D eigenvalue weighted by molar-refractivity contribution is -0.210. The third kappa shape index (κ3) is 1.55. The van der Waals surface area contributed by atoms with Gasteiger partial charge < -0.3 is 4.74 Å². The molecular weight excluding hydrogens is 140 g/mol. The Morgan fingerprint density at radius 1 is 1.45 bits per heavy atom. The molecule has 1 rings (SSSR count). The molecule has 58 valence electrons. The van der Waals surface area contributed by atoms with Gasteiger partial charge in [0.2, 0.25) is 0 Å². The topological polar surface area (TPSA) is 47.2 Å². The van der Waals surface area contributed by atoms with Crippen molar-refractivity contribution in [1.29, 1.82) is 0 Å². The van der Waals surface area contributed by atoms with Gasteiger partial charge in [-0.25, -0.2) is 0 Å². The largest absolute Gasteiger partial charge is 0.497 e. The van der Waals surface area contributed by atoms with Gasteiger partial charge in [-0.3, -0.25) is 0 Å². The third-order valence-electron chi connectivity index (χ3n) is 1.54. The van der Waals surface area contributed by atoms with Gasteiger partial charge in [0.15, 0.2) is 0 Å². The molecule has 0 bridgehead atoms. The maximum atomic E-state index is 5.13. The minimum absolute atomic E-state index is 0.797. The van der Waals surface area contributed by atoms with Crippen molar-refractivity contribution in [2.24, 2.45) is 5.11 Å². The van der Waals surface area contributed by atoms with E-state index in [-0.39, 0.29) is 0 Å². The van der Waals surface area contributed by atoms with Crippen LogP contribution in [0.2, 0.25) is 0 Å². The van der Waals surface area contributed by atoms with Crippen LogP contribution in [-0.2, 0) is 0 Å². The Balaban J connectivity index is 3.09. The van der Waals surface area contributed by atoms with Gasteiger partial charge >= 0.3 is 0 Å². The molecule has 3 nitrogen and oxygen atoms in total. The molecule has 0 heterocycles. The van der Waals surface area contributed by atoms with Gasteiger partial charge in [-0.1, -0.05) is 0 Å². The van der Waals surface area contributed by atoms with Crippen LogP contribution in [0.3, 0.4) is 0 Å². The summed E-state index contributed by atoms with van der Waals surface area (Å²) < 4.78 is 5.01. The number of aryl methyl sites for hydroxylation is 1. The molecule has 0 spiro atoms. The number of ether oxygens (including phenoxy) is 1. The number of hydrogen-bond acceptors (Lipinski definition) is 2. The molecule has 1 aromatic carbocycles. The number of nitrogens with two attached hydrogens (primary N) is 1. The normalized spacial score (nSPS) is 9.27. The van der Waals surface area contributed by atoms with E-state index in [0.29, 0.717) is 0 Å². The molecule has 1 aromatic rings. The van der Waals surface area contributed by atoms with E-state index in [4.69, 9.17) is 10.3 Å². The predicted octanol–water partition coefficient (Wildman–Crippen LogP) is 0.846. The molecule has 2 N–H and O–H groups in total. The lowest BCUT2D eigenvalue weighted by Gasteiger charge is -2.00. The molecule has 0 amide bonds. The van der Waals surface area contributed by atoms with Crippen molar-refractivity contribution in [3.05, 3.63) is 23.8 Å². The quantitative estimate of drug-likeness (QED) is 0.626. The molecule has 0 atom stereocenters. The standard InChI is InChI=1S/C8H10N2O/c1-6-5-7(11-2)3-4-8(6)10-9/h3-5,9H,1-2H3/p+1. The minimum Gasteiger partial charge on any atom is -0.497 e. The Hall–Kier alpha value is -1.38. The Morgan fingerprint density at radius 3 is 2.64 bits per heavy atom. The second-order valence-electron chi connectivity index (χ2n) is 2.28. The van der Waals surface area contributed by atoms with Crippen LogP contribution in [0, 0.1) is 6.92 Å². The highest BCUT2D eigenvalue weighted by molar-refractivity contribution is 5.47. The van der Waals surface area contributed by atoms with E-state index in [0.717, 1.165) is 17.0 Å². The number of hydrogen-bond donors (Lipinski definition) is 1. The Morgan fingerprint density at radius 2 is 2.18 bits per heavy atom. The Bertz CT molecular complexity index is 271. The average molecular weight is 151 g/mol. The van der Waals surface area contributed by atoms with E-state index in [9.17, 15) is 0 Å². The van der Waals surface area contributed by atoms with Crippen LogP contribution in [-0.4, -0.2) is 7.11 Å². The molecule has 0 radical (unpaired) electrons. The van der Waals surface area contributed by atoms with Crippen molar-refractivity contribution in [1.82, 2.24) is 0 Å². The summed E-state index contributed by atoms with van der Waals surface area (Å²) in [5.41, 5.74) is 6.94. The molecule has 0 aromatic heterocycles. The van der Waals surface area contributed by atoms with Crippen LogP contribution in [0.4, 0.5) is 5.69 Å². The highest BCUT2D eigenvalue weighted by atomic mass is 16.5. The monoisotopic (exact) mass is 151 g/mol. The van der Waals surface area contributed by atoms with Gasteiger partial charge in [-0.05, 0) is 35.8 Å². The second-order valence-corrected chi connectivity index (χ2v) is 2.28. The predicted molar refractivity (Wildman–Crippen MR) is 41.7 cm³/mol. The van der Waals surface area contributed by atoms with Crippen LogP contribution in [0.15, 0.2) is 23.3 Å². The summed E-state index contributed by atoms with van der Waals surface area (Å²) in [4.78, 5) is 0. The lowest BCUT2D eigenvalue weighted by Crippen LogP contribution is -2.22. The number of rotatable bonds is 2. The molecule has 11 heavy (non-hydrogen) atoms. The van der Waals surface area contributed by atoms with Crippen LogP contribution in [0.25, 0.3) is 0 Å². The fraction of sp³-hybridized carbons (Fsp3) is 0.250. The van der Waals surface area contributed by atoms with Crippen molar-refractivity contribution in [2.75, 3.05) is 7.11 Å². The van der Waals surface area contributed by atoms with Gasteiger partial charge in [0.1, 0.15) is 11.4 Å². The zero-order valence-electron chi connectivity index (χ0n) is 6.66. The fourth-order valence-corrected chi connectivity index (χ4v) is 0.900. The van der Waals surface area contributed by atoms with Crippen LogP contribution < -0.4 is 10.3 Å². The first-order chi connectivity index (χ1) is 5.27. The zero-order chi connectivity index (χ0) is 8.27. The molecule has 0 aliphatic heterocycles. The first-order valence-corrected chi connectivity index (χ1v) is 3.33. The van der Waals surface area contributed by atoms with Crippen molar-refractivity contribution in [3.63, 3.8) is 0 Å².